The summed E-state index contributed by atoms with van der Waals surface area (Å²) in [4.78, 5) is 0.939. The van der Waals surface area contributed by atoms with Crippen LogP contribution in [0.5, 0.6) is 0 Å². The zero-order valence-corrected chi connectivity index (χ0v) is 5.78. The van der Waals surface area contributed by atoms with Crippen molar-refractivity contribution >= 4 is 43.1 Å². The van der Waals surface area contributed by atoms with E-state index in [2.05, 4.69) is 12.6 Å². The molecule has 0 aliphatic rings. The summed E-state index contributed by atoms with van der Waals surface area (Å²) in [7, 11) is 0. The van der Waals surface area contributed by atoms with Crippen molar-refractivity contribution in [2.45, 2.75) is 4.90 Å². The Bertz CT molecular complexity index is 152. The minimum absolute atomic E-state index is 0. The van der Waals surface area contributed by atoms with Gasteiger partial charge in [0.05, 0.1) is 0 Å². The zero-order valence-electron chi connectivity index (χ0n) is 4.13. The standard InChI is InChI=1S/C6H5ClS.Li.H/c7-5-1-3-6(8)4-2-5;;/h1-4,8H;;. The fourth-order valence-electron chi connectivity index (χ4n) is 0.441. The molecule has 0 N–H and O–H groups in total. The van der Waals surface area contributed by atoms with Gasteiger partial charge in [-0.2, -0.15) is 0 Å². The van der Waals surface area contributed by atoms with Crippen LogP contribution in [0.15, 0.2) is 29.2 Å². The molecule has 1 aromatic carbocycles. The van der Waals surface area contributed by atoms with Crippen molar-refractivity contribution in [3.8, 4) is 0 Å². The molecule has 0 aliphatic carbocycles. The molecule has 0 saturated heterocycles. The molecule has 0 heterocycles. The van der Waals surface area contributed by atoms with Crippen LogP contribution in [0, 0.1) is 0 Å². The van der Waals surface area contributed by atoms with Crippen LogP contribution in [0.3, 0.4) is 0 Å². The van der Waals surface area contributed by atoms with Crippen molar-refractivity contribution in [3.05, 3.63) is 29.3 Å². The quantitative estimate of drug-likeness (QED) is 0.427. The molecule has 0 spiro atoms. The van der Waals surface area contributed by atoms with Crippen LogP contribution in [0.25, 0.3) is 0 Å². The Hall–Kier alpha value is 0.457. The SMILES string of the molecule is Sc1ccc(Cl)cc1.[LiH]. The first-order chi connectivity index (χ1) is 3.79. The van der Waals surface area contributed by atoms with E-state index in [1.807, 2.05) is 24.3 Å². The first-order valence-electron chi connectivity index (χ1n) is 2.23. The van der Waals surface area contributed by atoms with Crippen molar-refractivity contribution in [2.75, 3.05) is 0 Å². The average Bonchev–Trinajstić information content (AvgIpc) is 1.77. The predicted molar refractivity (Wildman–Crippen MR) is 45.9 cm³/mol. The Kier molecular flexibility index (Phi) is 4.52. The molecule has 0 amide bonds. The van der Waals surface area contributed by atoms with E-state index in [0.717, 1.165) is 9.92 Å². The summed E-state index contributed by atoms with van der Waals surface area (Å²) in [5.74, 6) is 0. The van der Waals surface area contributed by atoms with Gasteiger partial charge in [-0.25, -0.2) is 0 Å². The summed E-state index contributed by atoms with van der Waals surface area (Å²) in [5, 5.41) is 0.753. The topological polar surface area (TPSA) is 0 Å². The van der Waals surface area contributed by atoms with Gasteiger partial charge in [-0.15, -0.1) is 12.6 Å². The molecule has 0 unspecified atom stereocenters. The first kappa shape index (κ1) is 9.46. The van der Waals surface area contributed by atoms with E-state index < -0.39 is 0 Å². The number of hydrogen-bond donors (Lipinski definition) is 1. The number of halogens is 1. The fraction of sp³-hybridized carbons (Fsp3) is 0. The van der Waals surface area contributed by atoms with Crippen LogP contribution in [-0.4, -0.2) is 18.9 Å². The summed E-state index contributed by atoms with van der Waals surface area (Å²) in [6.07, 6.45) is 0. The number of hydrogen-bond acceptors (Lipinski definition) is 1. The van der Waals surface area contributed by atoms with Gasteiger partial charge in [0.25, 0.3) is 0 Å². The van der Waals surface area contributed by atoms with Gasteiger partial charge >= 0.3 is 18.9 Å². The van der Waals surface area contributed by atoms with E-state index in [1.165, 1.54) is 0 Å². The maximum absolute atomic E-state index is 5.58. The van der Waals surface area contributed by atoms with Crippen LogP contribution < -0.4 is 0 Å². The molecule has 0 nitrogen and oxygen atoms in total. The third-order valence-corrected chi connectivity index (χ3v) is 1.38. The Morgan fingerprint density at radius 3 is 1.89 bits per heavy atom. The van der Waals surface area contributed by atoms with E-state index >= 15 is 0 Å². The molecule has 44 valence electrons. The van der Waals surface area contributed by atoms with Crippen molar-refractivity contribution in [2.24, 2.45) is 0 Å². The Labute approximate surface area is 77.2 Å². The number of thiol groups is 1. The van der Waals surface area contributed by atoms with E-state index in [-0.39, 0.29) is 18.9 Å². The van der Waals surface area contributed by atoms with Gasteiger partial charge in [0.1, 0.15) is 0 Å². The zero-order chi connectivity index (χ0) is 5.98. The summed E-state index contributed by atoms with van der Waals surface area (Å²) < 4.78 is 0. The van der Waals surface area contributed by atoms with Gasteiger partial charge in [0, 0.05) is 9.92 Å². The van der Waals surface area contributed by atoms with Crippen LogP contribution in [-0.2, 0) is 0 Å². The number of benzene rings is 1. The first-order valence-corrected chi connectivity index (χ1v) is 3.06. The molecule has 0 aromatic heterocycles. The fourth-order valence-corrected chi connectivity index (χ4v) is 0.716. The Morgan fingerprint density at radius 1 is 1.11 bits per heavy atom. The molecule has 1 rings (SSSR count). The molecule has 1 aromatic rings. The van der Waals surface area contributed by atoms with Crippen LogP contribution in [0.1, 0.15) is 0 Å². The molecule has 3 heteroatoms. The molecular formula is C6H6ClLiS. The predicted octanol–water partition coefficient (Wildman–Crippen LogP) is 1.98. The third-order valence-electron chi connectivity index (χ3n) is 0.827. The maximum atomic E-state index is 5.58. The van der Waals surface area contributed by atoms with Crippen molar-refractivity contribution < 1.29 is 0 Å². The summed E-state index contributed by atoms with van der Waals surface area (Å²) in [6.45, 7) is 0. The monoisotopic (exact) mass is 152 g/mol. The molecular weight excluding hydrogens is 147 g/mol. The second kappa shape index (κ2) is 4.30. The van der Waals surface area contributed by atoms with Crippen LogP contribution in [0.4, 0.5) is 0 Å². The molecule has 0 aliphatic heterocycles. The summed E-state index contributed by atoms with van der Waals surface area (Å²) >= 11 is 9.65. The van der Waals surface area contributed by atoms with Gasteiger partial charge in [-0.05, 0) is 24.3 Å². The second-order valence-corrected chi connectivity index (χ2v) is 2.43. The van der Waals surface area contributed by atoms with Crippen molar-refractivity contribution in [3.63, 3.8) is 0 Å². The van der Waals surface area contributed by atoms with E-state index in [1.54, 1.807) is 0 Å². The molecule has 0 atom stereocenters. The van der Waals surface area contributed by atoms with Crippen molar-refractivity contribution in [1.82, 2.24) is 0 Å². The third kappa shape index (κ3) is 3.22. The van der Waals surface area contributed by atoms with E-state index in [9.17, 15) is 0 Å². The normalized spacial score (nSPS) is 8.22. The molecule has 0 radical (unpaired) electrons. The van der Waals surface area contributed by atoms with E-state index in [0.29, 0.717) is 0 Å². The Morgan fingerprint density at radius 2 is 1.56 bits per heavy atom. The van der Waals surface area contributed by atoms with Gasteiger partial charge in [0.2, 0.25) is 0 Å². The van der Waals surface area contributed by atoms with Gasteiger partial charge < -0.3 is 0 Å². The van der Waals surface area contributed by atoms with Gasteiger partial charge in [-0.3, -0.25) is 0 Å². The average molecular weight is 153 g/mol. The number of rotatable bonds is 0. The minimum atomic E-state index is 0. The van der Waals surface area contributed by atoms with Crippen LogP contribution >= 0.6 is 24.2 Å². The van der Waals surface area contributed by atoms with Crippen LogP contribution in [0.2, 0.25) is 5.02 Å². The molecule has 0 saturated carbocycles. The molecule has 0 bridgehead atoms. The summed E-state index contributed by atoms with van der Waals surface area (Å²) in [6, 6.07) is 7.32. The van der Waals surface area contributed by atoms with E-state index in [4.69, 9.17) is 11.6 Å². The summed E-state index contributed by atoms with van der Waals surface area (Å²) in [5.41, 5.74) is 0. The van der Waals surface area contributed by atoms with Crippen molar-refractivity contribution in [1.29, 1.82) is 0 Å². The van der Waals surface area contributed by atoms with Gasteiger partial charge in [0.15, 0.2) is 0 Å². The van der Waals surface area contributed by atoms with Gasteiger partial charge in [-0.1, -0.05) is 11.6 Å². The molecule has 9 heavy (non-hydrogen) atoms. The Balaban J connectivity index is 0.000000640. The second-order valence-electron chi connectivity index (χ2n) is 1.48. The molecule has 0 fully saturated rings.